The van der Waals surface area contributed by atoms with Crippen LogP contribution in [0.4, 0.5) is 5.69 Å². The van der Waals surface area contributed by atoms with Crippen molar-refractivity contribution >= 4 is 50.3 Å². The lowest BCUT2D eigenvalue weighted by molar-refractivity contribution is -0.385. The molecule has 230 valence electrons. The van der Waals surface area contributed by atoms with E-state index in [0.717, 1.165) is 26.9 Å². The quantitative estimate of drug-likeness (QED) is 0.0825. The molecule has 5 aromatic rings. The van der Waals surface area contributed by atoms with Crippen LogP contribution in [0.2, 0.25) is 5.02 Å². The Bertz CT molecular complexity index is 1990. The summed E-state index contributed by atoms with van der Waals surface area (Å²) in [5.74, 6) is 1.18. The Morgan fingerprint density at radius 3 is 2.51 bits per heavy atom. The number of halogens is 2. The Labute approximate surface area is 273 Å². The van der Waals surface area contributed by atoms with E-state index in [9.17, 15) is 14.9 Å². The van der Waals surface area contributed by atoms with Gasteiger partial charge in [0.1, 0.15) is 12.4 Å². The molecule has 0 atom stereocenters. The molecule has 1 heterocycles. The van der Waals surface area contributed by atoms with Crippen LogP contribution < -0.4 is 15.0 Å². The molecule has 0 fully saturated rings. The topological polar surface area (TPSA) is 109 Å². The maximum atomic E-state index is 13.8. The number of hydrogen-bond donors (Lipinski definition) is 0. The molecule has 0 unspecified atom stereocenters. The smallest absolute Gasteiger partial charge is 0.313 e. The average molecular weight is 690 g/mol. The molecule has 9 nitrogen and oxygen atoms in total. The molecular weight excluding hydrogens is 660 g/mol. The third kappa shape index (κ3) is 6.92. The number of para-hydroxylation sites is 1. The van der Waals surface area contributed by atoms with Crippen LogP contribution in [0.3, 0.4) is 0 Å². The third-order valence-corrected chi connectivity index (χ3v) is 7.94. The van der Waals surface area contributed by atoms with Gasteiger partial charge in [0, 0.05) is 21.7 Å². The summed E-state index contributed by atoms with van der Waals surface area (Å²) in [6.07, 6.45) is 1.35. The first-order valence-corrected chi connectivity index (χ1v) is 15.4. The van der Waals surface area contributed by atoms with Gasteiger partial charge in [-0.15, -0.1) is 0 Å². The highest BCUT2D eigenvalue weighted by molar-refractivity contribution is 9.10. The van der Waals surface area contributed by atoms with Gasteiger partial charge in [0.25, 0.3) is 5.56 Å². The van der Waals surface area contributed by atoms with Crippen LogP contribution >= 0.6 is 27.5 Å². The minimum Gasteiger partial charge on any atom is -0.494 e. The lowest BCUT2D eigenvalue weighted by atomic mass is 9.96. The zero-order valence-electron chi connectivity index (χ0n) is 25.1. The van der Waals surface area contributed by atoms with Crippen molar-refractivity contribution < 1.29 is 14.4 Å². The molecule has 5 rings (SSSR count). The Kier molecular flexibility index (Phi) is 9.65. The van der Waals surface area contributed by atoms with Crippen molar-refractivity contribution in [1.29, 1.82) is 0 Å². The summed E-state index contributed by atoms with van der Waals surface area (Å²) in [4.78, 5) is 30.1. The van der Waals surface area contributed by atoms with Crippen LogP contribution in [-0.4, -0.2) is 27.4 Å². The van der Waals surface area contributed by atoms with Gasteiger partial charge in [-0.1, -0.05) is 65.6 Å². The minimum absolute atomic E-state index is 0.0379. The summed E-state index contributed by atoms with van der Waals surface area (Å²) in [7, 11) is 0. The molecule has 1 aromatic heterocycles. The van der Waals surface area contributed by atoms with Gasteiger partial charge in [0.15, 0.2) is 5.82 Å². The summed E-state index contributed by atoms with van der Waals surface area (Å²) in [6.45, 7) is 8.60. The van der Waals surface area contributed by atoms with E-state index in [1.54, 1.807) is 18.2 Å². The minimum atomic E-state index is -0.563. The highest BCUT2D eigenvalue weighted by Gasteiger charge is 2.22. The van der Waals surface area contributed by atoms with Crippen molar-refractivity contribution in [2.75, 3.05) is 6.61 Å². The summed E-state index contributed by atoms with van der Waals surface area (Å²) in [5, 5.41) is 17.0. The highest BCUT2D eigenvalue weighted by Crippen LogP contribution is 2.37. The number of nitro benzene ring substituents is 1. The van der Waals surface area contributed by atoms with Crippen LogP contribution in [0.1, 0.15) is 48.9 Å². The van der Waals surface area contributed by atoms with Crippen molar-refractivity contribution in [1.82, 2.24) is 9.66 Å². The fourth-order valence-electron chi connectivity index (χ4n) is 4.89. The highest BCUT2D eigenvalue weighted by atomic mass is 79.9. The van der Waals surface area contributed by atoms with E-state index < -0.39 is 4.92 Å². The normalized spacial score (nSPS) is 11.4. The molecule has 0 saturated carbocycles. The van der Waals surface area contributed by atoms with Crippen molar-refractivity contribution in [2.24, 2.45) is 5.10 Å². The molecule has 0 radical (unpaired) electrons. The monoisotopic (exact) mass is 688 g/mol. The average Bonchev–Trinajstić information content (AvgIpc) is 3.00. The second kappa shape index (κ2) is 13.6. The van der Waals surface area contributed by atoms with Gasteiger partial charge in [0.05, 0.1) is 33.7 Å². The van der Waals surface area contributed by atoms with E-state index in [2.05, 4.69) is 34.9 Å². The van der Waals surface area contributed by atoms with Crippen molar-refractivity contribution in [3.05, 3.63) is 125 Å². The van der Waals surface area contributed by atoms with Crippen molar-refractivity contribution in [3.63, 3.8) is 0 Å². The SMILES string of the molecule is CCOc1cc(C)c(-c2nc3ccccc3c(=O)n2N=Cc2cc(Cl)c(OCc3ccc(Br)cc3)c([N+](=O)[O-])c2)cc1C(C)C. The molecule has 0 aliphatic heterocycles. The van der Waals surface area contributed by atoms with E-state index >= 15 is 0 Å². The van der Waals surface area contributed by atoms with Crippen LogP contribution in [0, 0.1) is 17.0 Å². The number of fused-ring (bicyclic) bond motifs is 1. The molecule has 0 saturated heterocycles. The summed E-state index contributed by atoms with van der Waals surface area (Å²) in [6, 6.07) is 21.2. The number of nitrogens with zero attached hydrogens (tertiary/aromatic N) is 4. The first kappa shape index (κ1) is 31.9. The molecule has 45 heavy (non-hydrogen) atoms. The number of benzene rings is 4. The molecule has 11 heteroatoms. The summed E-state index contributed by atoms with van der Waals surface area (Å²) >= 11 is 9.89. The molecule has 4 aromatic carbocycles. The molecule has 0 N–H and O–H groups in total. The first-order valence-electron chi connectivity index (χ1n) is 14.3. The lowest BCUT2D eigenvalue weighted by Crippen LogP contribution is -2.21. The van der Waals surface area contributed by atoms with Crippen LogP contribution in [0.15, 0.2) is 87.2 Å². The number of rotatable bonds is 10. The zero-order valence-corrected chi connectivity index (χ0v) is 27.4. The van der Waals surface area contributed by atoms with E-state index in [0.29, 0.717) is 34.5 Å². The number of ether oxygens (including phenoxy) is 2. The lowest BCUT2D eigenvalue weighted by Gasteiger charge is -2.18. The molecular formula is C34H30BrClN4O5. The molecule has 0 bridgehead atoms. The van der Waals surface area contributed by atoms with Gasteiger partial charge in [-0.2, -0.15) is 9.78 Å². The number of aromatic nitrogens is 2. The predicted octanol–water partition coefficient (Wildman–Crippen LogP) is 8.68. The molecule has 0 aliphatic carbocycles. The summed E-state index contributed by atoms with van der Waals surface area (Å²) in [5.41, 5.74) is 3.46. The maximum absolute atomic E-state index is 13.8. The van der Waals surface area contributed by atoms with Gasteiger partial charge < -0.3 is 9.47 Å². The Balaban J connectivity index is 1.61. The maximum Gasteiger partial charge on any atom is 0.313 e. The Morgan fingerprint density at radius 1 is 1.09 bits per heavy atom. The largest absolute Gasteiger partial charge is 0.494 e. The molecule has 0 spiro atoms. The second-order valence-electron chi connectivity index (χ2n) is 10.6. The Hall–Kier alpha value is -4.54. The van der Waals surface area contributed by atoms with E-state index in [1.807, 2.05) is 56.3 Å². The second-order valence-corrected chi connectivity index (χ2v) is 12.0. The van der Waals surface area contributed by atoms with Gasteiger partial charge in [-0.05, 0) is 78.9 Å². The zero-order chi connectivity index (χ0) is 32.2. The van der Waals surface area contributed by atoms with E-state index in [1.165, 1.54) is 23.0 Å². The van der Waals surface area contributed by atoms with E-state index in [4.69, 9.17) is 26.1 Å². The van der Waals surface area contributed by atoms with Gasteiger partial charge in [-0.3, -0.25) is 14.9 Å². The Morgan fingerprint density at radius 2 is 1.82 bits per heavy atom. The fraction of sp³-hybridized carbons (Fsp3) is 0.206. The third-order valence-electron chi connectivity index (χ3n) is 7.14. The standard InChI is InChI=1S/C34H30BrClN4O5/c1-5-44-31-14-21(4)27(17-26(31)20(2)3)33-38-29-9-7-6-8-25(29)34(41)39(33)37-18-23-15-28(36)32(30(16-23)40(42)43)45-19-22-10-12-24(35)13-11-22/h6-18,20H,5,19H2,1-4H3. The van der Waals surface area contributed by atoms with Gasteiger partial charge in [0.2, 0.25) is 5.75 Å². The van der Waals surface area contributed by atoms with Crippen LogP contribution in [-0.2, 0) is 6.61 Å². The van der Waals surface area contributed by atoms with Gasteiger partial charge in [-0.25, -0.2) is 4.98 Å². The fourth-order valence-corrected chi connectivity index (χ4v) is 5.43. The summed E-state index contributed by atoms with van der Waals surface area (Å²) < 4.78 is 13.8. The van der Waals surface area contributed by atoms with Crippen LogP contribution in [0.5, 0.6) is 11.5 Å². The van der Waals surface area contributed by atoms with Gasteiger partial charge >= 0.3 is 5.69 Å². The number of hydrogen-bond acceptors (Lipinski definition) is 7. The predicted molar refractivity (Wildman–Crippen MR) is 181 cm³/mol. The number of nitro groups is 1. The first-order chi connectivity index (χ1) is 21.6. The molecule has 0 amide bonds. The van der Waals surface area contributed by atoms with E-state index in [-0.39, 0.29) is 34.5 Å². The van der Waals surface area contributed by atoms with Crippen LogP contribution in [0.25, 0.3) is 22.3 Å². The van der Waals surface area contributed by atoms with Crippen molar-refractivity contribution in [3.8, 4) is 22.9 Å². The molecule has 0 aliphatic rings. The van der Waals surface area contributed by atoms with Crippen molar-refractivity contribution in [2.45, 2.75) is 40.2 Å². The number of aryl methyl sites for hydroxylation is 1.